The zero-order chi connectivity index (χ0) is 23.7. The predicted molar refractivity (Wildman–Crippen MR) is 117 cm³/mol. The minimum Gasteiger partial charge on any atom is -0.251 e. The van der Waals surface area contributed by atoms with Crippen molar-refractivity contribution in [1.29, 1.82) is 0 Å². The highest BCUT2D eigenvalue weighted by Crippen LogP contribution is 2.34. The van der Waals surface area contributed by atoms with Crippen LogP contribution in [0.4, 0.5) is 35.1 Å². The summed E-state index contributed by atoms with van der Waals surface area (Å²) in [6, 6.07) is 9.82. The maximum atomic E-state index is 12.3. The van der Waals surface area contributed by atoms with Gasteiger partial charge in [-0.1, -0.05) is 79.8 Å². The van der Waals surface area contributed by atoms with Crippen molar-refractivity contribution < 1.29 is 35.1 Å². The van der Waals surface area contributed by atoms with Gasteiger partial charge in [-0.05, 0) is 23.8 Å². The van der Waals surface area contributed by atoms with Crippen molar-refractivity contribution in [2.24, 2.45) is 5.41 Å². The van der Waals surface area contributed by atoms with Crippen LogP contribution in [-0.2, 0) is 0 Å². The molecule has 0 spiro atoms. The Morgan fingerprint density at radius 3 is 1.26 bits per heavy atom. The molecule has 1 unspecified atom stereocenters. The lowest BCUT2D eigenvalue weighted by molar-refractivity contribution is -0.273. The van der Waals surface area contributed by atoms with E-state index in [-0.39, 0.29) is 53.1 Å². The first-order valence-corrected chi connectivity index (χ1v) is 9.28. The van der Waals surface area contributed by atoms with Gasteiger partial charge in [0, 0.05) is 12.8 Å². The van der Waals surface area contributed by atoms with Crippen LogP contribution >= 0.6 is 0 Å². The van der Waals surface area contributed by atoms with E-state index in [4.69, 9.17) is 0 Å². The Hall–Kier alpha value is -1.34. The molecule has 0 saturated carbocycles. The molecule has 0 aliphatic heterocycles. The third kappa shape index (κ3) is 26.6. The quantitative estimate of drug-likeness (QED) is 0.384. The predicted octanol–water partition coefficient (Wildman–Crippen LogP) is 9.99. The van der Waals surface area contributed by atoms with Crippen molar-refractivity contribution in [3.05, 3.63) is 35.9 Å². The van der Waals surface area contributed by atoms with Crippen LogP contribution in [0.15, 0.2) is 30.3 Å². The zero-order valence-electron chi connectivity index (χ0n) is 18.0. The van der Waals surface area contributed by atoms with Crippen molar-refractivity contribution in [2.75, 3.05) is 20.0 Å². The van der Waals surface area contributed by atoms with E-state index in [1.165, 1.54) is 0 Å². The van der Waals surface area contributed by atoms with Gasteiger partial charge in [-0.2, -0.15) is 22.0 Å². The Morgan fingerprint density at radius 1 is 0.774 bits per heavy atom. The van der Waals surface area contributed by atoms with Crippen LogP contribution in [0.1, 0.15) is 80.7 Å². The number of hydrogen-bond donors (Lipinski definition) is 0. The van der Waals surface area contributed by atoms with E-state index in [1.807, 2.05) is 58.0 Å². The molecule has 1 rings (SSSR count). The normalized spacial score (nSPS) is 11.5. The van der Waals surface area contributed by atoms with E-state index in [0.29, 0.717) is 6.42 Å². The zero-order valence-corrected chi connectivity index (χ0v) is 18.0. The Kier molecular flexibility index (Phi) is 26.6. The third-order valence-corrected chi connectivity index (χ3v) is 3.04. The monoisotopic (exact) mass is 470 g/mol. The largest absolute Gasteiger partial charge is 0.452 e. The van der Waals surface area contributed by atoms with Crippen LogP contribution in [0.25, 0.3) is 0 Å². The van der Waals surface area contributed by atoms with Gasteiger partial charge in [0.15, 0.2) is 0 Å². The Balaban J connectivity index is -0.000000101. The first-order chi connectivity index (χ1) is 13.1. The van der Waals surface area contributed by atoms with E-state index >= 15 is 0 Å². The molecule has 0 saturated heterocycles. The lowest BCUT2D eigenvalue weighted by atomic mass is 9.98. The van der Waals surface area contributed by atoms with Gasteiger partial charge in [-0.3, -0.25) is 13.2 Å². The topological polar surface area (TPSA) is 0 Å². The fraction of sp³-hybridized carbons (Fsp3) is 0.739. The number of halogens is 8. The second kappa shape index (κ2) is 20.6. The molecule has 0 heterocycles. The highest BCUT2D eigenvalue weighted by molar-refractivity contribution is 5.19. The smallest absolute Gasteiger partial charge is 0.251 e. The standard InChI is InChI=1S/C10H13F.C5H11F.C3H3F5.C3H7F.2CH4/c1-2-9(8-11)10-6-4-3-5-7-10;1-5(2,3)4-6;1-2(4,5)3(6,7)8;1-2-3-4;;/h3-7,9H,2,8H2,1H3;4H2,1-3H3;1H3;2-3H2,1H3;2*1H4. The molecule has 0 fully saturated rings. The molecule has 1 aromatic carbocycles. The van der Waals surface area contributed by atoms with Crippen LogP contribution in [0.2, 0.25) is 0 Å². The van der Waals surface area contributed by atoms with Crippen molar-refractivity contribution in [3.8, 4) is 0 Å². The van der Waals surface area contributed by atoms with Crippen LogP contribution in [-0.4, -0.2) is 32.1 Å². The van der Waals surface area contributed by atoms with Crippen LogP contribution in [0, 0.1) is 5.41 Å². The van der Waals surface area contributed by atoms with Crippen molar-refractivity contribution in [2.45, 2.75) is 87.3 Å². The summed E-state index contributed by atoms with van der Waals surface area (Å²) in [5.41, 5.74) is 0.984. The first kappa shape index (κ1) is 40.1. The van der Waals surface area contributed by atoms with Gasteiger partial charge in [-0.15, -0.1) is 0 Å². The summed E-state index contributed by atoms with van der Waals surface area (Å²) in [6.45, 7) is 8.57. The molecule has 31 heavy (non-hydrogen) atoms. The number of benzene rings is 1. The van der Waals surface area contributed by atoms with Crippen molar-refractivity contribution >= 4 is 0 Å². The molecule has 0 aliphatic carbocycles. The van der Waals surface area contributed by atoms with E-state index < -0.39 is 12.1 Å². The van der Waals surface area contributed by atoms with Gasteiger partial charge in [-0.25, -0.2) is 0 Å². The van der Waals surface area contributed by atoms with Crippen LogP contribution in [0.5, 0.6) is 0 Å². The second-order valence-electron chi connectivity index (χ2n) is 7.44. The Labute approximate surface area is 184 Å². The molecule has 0 bridgehead atoms. The van der Waals surface area contributed by atoms with Gasteiger partial charge in [0.1, 0.15) is 0 Å². The lowest BCUT2D eigenvalue weighted by Gasteiger charge is -2.12. The molecule has 190 valence electrons. The summed E-state index contributed by atoms with van der Waals surface area (Å²) in [7, 11) is 0. The highest BCUT2D eigenvalue weighted by Gasteiger charge is 2.53. The molecular formula is C23H42F8. The van der Waals surface area contributed by atoms with Crippen LogP contribution in [0.3, 0.4) is 0 Å². The summed E-state index contributed by atoms with van der Waals surface area (Å²) in [5.74, 6) is -4.47. The SMILES string of the molecule is C.C.CC(C)(C)CF.CC(F)(F)C(F)(F)F.CCC(CF)c1ccccc1.CCCF. The fourth-order valence-corrected chi connectivity index (χ4v) is 1.16. The average molecular weight is 471 g/mol. The Bertz CT molecular complexity index is 441. The summed E-state index contributed by atoms with van der Waals surface area (Å²) in [6.07, 6.45) is -3.87. The molecular weight excluding hydrogens is 428 g/mol. The molecule has 0 radical (unpaired) electrons. The minimum absolute atomic E-state index is 0. The molecule has 0 N–H and O–H groups in total. The maximum Gasteiger partial charge on any atom is 0.452 e. The molecule has 0 nitrogen and oxygen atoms in total. The summed E-state index contributed by atoms with van der Waals surface area (Å²) < 4.78 is 89.2. The van der Waals surface area contributed by atoms with Crippen molar-refractivity contribution in [3.63, 3.8) is 0 Å². The number of rotatable bonds is 4. The molecule has 0 amide bonds. The summed E-state index contributed by atoms with van der Waals surface area (Å²) in [4.78, 5) is 0. The maximum absolute atomic E-state index is 12.3. The molecule has 1 aromatic rings. The van der Waals surface area contributed by atoms with E-state index in [0.717, 1.165) is 12.0 Å². The van der Waals surface area contributed by atoms with Gasteiger partial charge >= 0.3 is 12.1 Å². The molecule has 0 aromatic heterocycles. The average Bonchev–Trinajstić information content (AvgIpc) is 2.63. The molecule has 0 aliphatic rings. The van der Waals surface area contributed by atoms with E-state index in [9.17, 15) is 35.1 Å². The second-order valence-corrected chi connectivity index (χ2v) is 7.44. The summed E-state index contributed by atoms with van der Waals surface area (Å²) in [5, 5.41) is 0. The number of hydrogen-bond acceptors (Lipinski definition) is 0. The lowest BCUT2D eigenvalue weighted by Crippen LogP contribution is -2.32. The minimum atomic E-state index is -5.40. The van der Waals surface area contributed by atoms with E-state index in [2.05, 4.69) is 0 Å². The van der Waals surface area contributed by atoms with E-state index in [1.54, 1.807) is 6.92 Å². The van der Waals surface area contributed by atoms with Gasteiger partial charge in [0.25, 0.3) is 0 Å². The highest BCUT2D eigenvalue weighted by atomic mass is 19.4. The first-order valence-electron chi connectivity index (χ1n) is 9.28. The Morgan fingerprint density at radius 2 is 1.10 bits per heavy atom. The fourth-order valence-electron chi connectivity index (χ4n) is 1.16. The molecule has 8 heteroatoms. The van der Waals surface area contributed by atoms with Gasteiger partial charge in [0.05, 0.1) is 20.0 Å². The third-order valence-electron chi connectivity index (χ3n) is 3.04. The molecule has 1 atom stereocenters. The number of alkyl halides is 8. The van der Waals surface area contributed by atoms with Crippen molar-refractivity contribution in [1.82, 2.24) is 0 Å². The van der Waals surface area contributed by atoms with Crippen LogP contribution < -0.4 is 0 Å². The summed E-state index contributed by atoms with van der Waals surface area (Å²) >= 11 is 0. The van der Waals surface area contributed by atoms with Gasteiger partial charge < -0.3 is 0 Å². The van der Waals surface area contributed by atoms with Gasteiger partial charge in [0.2, 0.25) is 0 Å².